The lowest BCUT2D eigenvalue weighted by molar-refractivity contribution is -0.145. The number of methoxy groups -OCH3 is 1. The van der Waals surface area contributed by atoms with Crippen LogP contribution >= 0.6 is 0 Å². The van der Waals surface area contributed by atoms with E-state index in [1.165, 1.54) is 11.8 Å². The standard InChI is InChI=1S/C23H23F5N8O3/c1-39-21-20-19(12-2-3-14-15(8-12)35(33-31-14)7-5-17(25)26)13(24)9-36(20)32-22(30-21)29-16-4-6-34(18(38)10-37)11-23(16,27)28/h2-3,8-9,16-17,37H,4-7,10-11H2,1H3,(H,29,32)/t16-/m1/s1. The van der Waals surface area contributed by atoms with E-state index in [1.807, 2.05) is 0 Å². The Hall–Kier alpha value is -4.08. The van der Waals surface area contributed by atoms with Gasteiger partial charge in [-0.25, -0.2) is 31.1 Å². The molecule has 11 nitrogen and oxygen atoms in total. The summed E-state index contributed by atoms with van der Waals surface area (Å²) in [4.78, 5) is 16.7. The minimum absolute atomic E-state index is 0.0143. The molecule has 1 aliphatic rings. The SMILES string of the molecule is COc1nc(N[C@@H]2CCN(C(=O)CO)CC2(F)F)nn2cc(F)c(-c3ccc4nnn(CCC(F)F)c4c3)c12. The Bertz CT molecular complexity index is 1520. The zero-order valence-electron chi connectivity index (χ0n) is 20.5. The van der Waals surface area contributed by atoms with Gasteiger partial charge in [0.2, 0.25) is 24.2 Å². The third-order valence-corrected chi connectivity index (χ3v) is 6.50. The number of halogens is 5. The number of aliphatic hydroxyl groups is 1. The fraction of sp³-hybridized carbons (Fsp3) is 0.435. The Morgan fingerprint density at radius 1 is 1.33 bits per heavy atom. The van der Waals surface area contributed by atoms with E-state index in [-0.39, 0.29) is 42.4 Å². The molecule has 4 heterocycles. The van der Waals surface area contributed by atoms with Crippen molar-refractivity contribution in [2.75, 3.05) is 32.1 Å². The van der Waals surface area contributed by atoms with Gasteiger partial charge in [-0.3, -0.25) is 4.79 Å². The van der Waals surface area contributed by atoms with Crippen LogP contribution in [0.2, 0.25) is 0 Å². The molecule has 0 spiro atoms. The molecule has 0 aliphatic carbocycles. The maximum Gasteiger partial charge on any atom is 0.285 e. The number of anilines is 1. The van der Waals surface area contributed by atoms with Crippen LogP contribution in [-0.4, -0.2) is 90.7 Å². The summed E-state index contributed by atoms with van der Waals surface area (Å²) in [5.74, 6) is -5.23. The van der Waals surface area contributed by atoms with Gasteiger partial charge in [-0.05, 0) is 24.1 Å². The highest BCUT2D eigenvalue weighted by molar-refractivity contribution is 5.89. The first-order chi connectivity index (χ1) is 18.6. The van der Waals surface area contributed by atoms with Crippen LogP contribution in [0.5, 0.6) is 5.88 Å². The lowest BCUT2D eigenvalue weighted by atomic mass is 10.0. The number of ether oxygens (including phenoxy) is 1. The first-order valence-electron chi connectivity index (χ1n) is 11.9. The van der Waals surface area contributed by atoms with Crippen LogP contribution in [0.1, 0.15) is 12.8 Å². The molecule has 208 valence electrons. The number of amides is 1. The van der Waals surface area contributed by atoms with E-state index < -0.39 is 49.7 Å². The molecular weight excluding hydrogens is 531 g/mol. The second kappa shape index (κ2) is 10.2. The van der Waals surface area contributed by atoms with Crippen LogP contribution in [0, 0.1) is 5.82 Å². The lowest BCUT2D eigenvalue weighted by Crippen LogP contribution is -2.56. The monoisotopic (exact) mass is 554 g/mol. The van der Waals surface area contributed by atoms with Crippen LogP contribution in [0.15, 0.2) is 24.4 Å². The van der Waals surface area contributed by atoms with Crippen LogP contribution < -0.4 is 10.1 Å². The first-order valence-corrected chi connectivity index (χ1v) is 11.9. The molecule has 1 fully saturated rings. The second-order valence-electron chi connectivity index (χ2n) is 9.01. The van der Waals surface area contributed by atoms with Gasteiger partial charge in [0.1, 0.15) is 17.6 Å². The van der Waals surface area contributed by atoms with Crippen molar-refractivity contribution in [3.63, 3.8) is 0 Å². The van der Waals surface area contributed by atoms with Crippen LogP contribution in [0.25, 0.3) is 27.7 Å². The number of likely N-dealkylation sites (tertiary alicyclic amines) is 1. The van der Waals surface area contributed by atoms with E-state index in [1.54, 1.807) is 18.2 Å². The maximum atomic E-state index is 15.3. The number of hydrogen-bond acceptors (Lipinski definition) is 8. The average Bonchev–Trinajstić information content (AvgIpc) is 3.46. The Balaban J connectivity index is 1.48. The zero-order chi connectivity index (χ0) is 27.9. The predicted octanol–water partition coefficient (Wildman–Crippen LogP) is 2.58. The lowest BCUT2D eigenvalue weighted by Gasteiger charge is -2.38. The van der Waals surface area contributed by atoms with Gasteiger partial charge >= 0.3 is 0 Å². The van der Waals surface area contributed by atoms with Crippen molar-refractivity contribution in [1.29, 1.82) is 0 Å². The molecule has 0 saturated carbocycles. The number of nitrogens with zero attached hydrogens (tertiary/aromatic N) is 7. The van der Waals surface area contributed by atoms with Crippen LogP contribution in [0.3, 0.4) is 0 Å². The van der Waals surface area contributed by atoms with Crippen molar-refractivity contribution in [3.05, 3.63) is 30.2 Å². The Kier molecular flexibility index (Phi) is 6.96. The number of aliphatic hydroxyl groups excluding tert-OH is 1. The van der Waals surface area contributed by atoms with Gasteiger partial charge in [0.15, 0.2) is 5.82 Å². The fourth-order valence-corrected chi connectivity index (χ4v) is 4.59. The molecule has 0 unspecified atom stereocenters. The van der Waals surface area contributed by atoms with Gasteiger partial charge in [0.05, 0.1) is 37.0 Å². The van der Waals surface area contributed by atoms with Crippen molar-refractivity contribution in [3.8, 4) is 17.0 Å². The summed E-state index contributed by atoms with van der Waals surface area (Å²) >= 11 is 0. The van der Waals surface area contributed by atoms with E-state index in [2.05, 4.69) is 25.7 Å². The summed E-state index contributed by atoms with van der Waals surface area (Å²) in [6.07, 6.45) is -2.07. The molecule has 1 amide bonds. The van der Waals surface area contributed by atoms with Gasteiger partial charge in [-0.1, -0.05) is 11.3 Å². The van der Waals surface area contributed by atoms with Crippen LogP contribution in [0.4, 0.5) is 27.9 Å². The first kappa shape index (κ1) is 26.5. The Morgan fingerprint density at radius 3 is 2.82 bits per heavy atom. The summed E-state index contributed by atoms with van der Waals surface area (Å²) in [6.45, 7) is -1.86. The number of hydrogen-bond donors (Lipinski definition) is 2. The third-order valence-electron chi connectivity index (χ3n) is 6.50. The summed E-state index contributed by atoms with van der Waals surface area (Å²) in [5.41, 5.74) is 1.35. The number of fused-ring (bicyclic) bond motifs is 2. The van der Waals surface area contributed by atoms with Gasteiger partial charge in [0.25, 0.3) is 5.92 Å². The van der Waals surface area contributed by atoms with Gasteiger partial charge < -0.3 is 20.1 Å². The minimum Gasteiger partial charge on any atom is -0.479 e. The van der Waals surface area contributed by atoms with Gasteiger partial charge in [-0.2, -0.15) is 4.98 Å². The summed E-state index contributed by atoms with van der Waals surface area (Å²) in [5, 5.41) is 23.5. The van der Waals surface area contributed by atoms with Crippen molar-refractivity contribution >= 4 is 28.4 Å². The Morgan fingerprint density at radius 2 is 2.13 bits per heavy atom. The second-order valence-corrected chi connectivity index (χ2v) is 9.01. The highest BCUT2D eigenvalue weighted by Gasteiger charge is 2.46. The molecule has 1 aromatic carbocycles. The zero-order valence-corrected chi connectivity index (χ0v) is 20.5. The maximum absolute atomic E-state index is 15.3. The van der Waals surface area contributed by atoms with Crippen molar-refractivity contribution in [2.45, 2.75) is 37.8 Å². The van der Waals surface area contributed by atoms with Crippen LogP contribution in [-0.2, 0) is 11.3 Å². The quantitative estimate of drug-likeness (QED) is 0.319. The molecular formula is C23H23F5N8O3. The number of aryl methyl sites for hydroxylation is 1. The summed E-state index contributed by atoms with van der Waals surface area (Å²) in [7, 11) is 1.28. The number of alkyl halides is 4. The number of rotatable bonds is 8. The molecule has 1 aliphatic heterocycles. The van der Waals surface area contributed by atoms with Gasteiger partial charge in [0, 0.05) is 19.5 Å². The van der Waals surface area contributed by atoms with Gasteiger partial charge in [-0.15, -0.1) is 10.2 Å². The molecule has 2 N–H and O–H groups in total. The molecule has 1 atom stereocenters. The highest BCUT2D eigenvalue weighted by Crippen LogP contribution is 2.36. The average molecular weight is 554 g/mol. The molecule has 39 heavy (non-hydrogen) atoms. The molecule has 5 rings (SSSR count). The minimum atomic E-state index is -3.36. The molecule has 1 saturated heterocycles. The van der Waals surface area contributed by atoms with Crippen molar-refractivity contribution < 1.29 is 36.6 Å². The molecule has 3 aromatic heterocycles. The van der Waals surface area contributed by atoms with E-state index in [4.69, 9.17) is 9.84 Å². The summed E-state index contributed by atoms with van der Waals surface area (Å²) < 4.78 is 78.0. The smallest absolute Gasteiger partial charge is 0.285 e. The van der Waals surface area contributed by atoms with E-state index in [0.29, 0.717) is 16.6 Å². The number of nitrogens with one attached hydrogen (secondary N) is 1. The number of benzene rings is 1. The fourth-order valence-electron chi connectivity index (χ4n) is 4.59. The molecule has 16 heteroatoms. The highest BCUT2D eigenvalue weighted by atomic mass is 19.3. The number of carbonyl (C=O) groups excluding carboxylic acids is 1. The molecule has 0 radical (unpaired) electrons. The largest absolute Gasteiger partial charge is 0.479 e. The molecule has 0 bridgehead atoms. The van der Waals surface area contributed by atoms with Crippen molar-refractivity contribution in [1.82, 2.24) is 34.5 Å². The van der Waals surface area contributed by atoms with Crippen molar-refractivity contribution in [2.24, 2.45) is 0 Å². The normalized spacial score (nSPS) is 17.3. The number of carbonyl (C=O) groups is 1. The topological polar surface area (TPSA) is 123 Å². The molecule has 4 aromatic rings. The summed E-state index contributed by atoms with van der Waals surface area (Å²) in [6, 6.07) is 3.25. The number of piperidine rings is 1. The number of aromatic nitrogens is 6. The van der Waals surface area contributed by atoms with E-state index in [0.717, 1.165) is 15.6 Å². The van der Waals surface area contributed by atoms with E-state index >= 15 is 4.39 Å². The van der Waals surface area contributed by atoms with E-state index in [9.17, 15) is 22.4 Å². The predicted molar refractivity (Wildman–Crippen MR) is 127 cm³/mol. The Labute approximate surface area is 217 Å². The third kappa shape index (κ3) is 5.03.